The van der Waals surface area contributed by atoms with Gasteiger partial charge in [-0.25, -0.2) is 0 Å². The molecule has 0 heterocycles. The number of unbranched alkanes of at least 4 members (excludes halogenated alkanes) is 8. The van der Waals surface area contributed by atoms with Crippen molar-refractivity contribution in [2.45, 2.75) is 83.7 Å². The number of aliphatic hydroxyl groups excluding tert-OH is 2. The third kappa shape index (κ3) is 13.5. The minimum atomic E-state index is -0.420. The van der Waals surface area contributed by atoms with Crippen LogP contribution in [-0.4, -0.2) is 22.9 Å². The molecule has 0 bridgehead atoms. The van der Waals surface area contributed by atoms with Gasteiger partial charge >= 0.3 is 0 Å². The molecule has 2 nitrogen and oxygen atoms in total. The van der Waals surface area contributed by atoms with Gasteiger partial charge in [-0.1, -0.05) is 51.4 Å². The maximum absolute atomic E-state index is 9.62. The first-order chi connectivity index (χ1) is 8.81. The van der Waals surface area contributed by atoms with Crippen molar-refractivity contribution < 1.29 is 10.2 Å². The van der Waals surface area contributed by atoms with Gasteiger partial charge in [0.2, 0.25) is 0 Å². The van der Waals surface area contributed by atoms with Crippen molar-refractivity contribution in [3.63, 3.8) is 0 Å². The van der Waals surface area contributed by atoms with Gasteiger partial charge < -0.3 is 10.2 Å². The van der Waals surface area contributed by atoms with Gasteiger partial charge in [0.25, 0.3) is 0 Å². The van der Waals surface area contributed by atoms with E-state index < -0.39 is 6.10 Å². The van der Waals surface area contributed by atoms with Crippen molar-refractivity contribution in [3.8, 4) is 11.8 Å². The highest BCUT2D eigenvalue weighted by atomic mass is 16.3. The van der Waals surface area contributed by atoms with Gasteiger partial charge in [0.1, 0.15) is 6.10 Å². The fourth-order valence-electron chi connectivity index (χ4n) is 1.88. The van der Waals surface area contributed by atoms with E-state index in [2.05, 4.69) is 18.8 Å². The average Bonchev–Trinajstić information content (AvgIpc) is 2.38. The van der Waals surface area contributed by atoms with E-state index in [0.29, 0.717) is 6.61 Å². The Bertz CT molecular complexity index is 215. The third-order valence-corrected chi connectivity index (χ3v) is 3.06. The highest BCUT2D eigenvalue weighted by Gasteiger charge is 1.97. The summed E-state index contributed by atoms with van der Waals surface area (Å²) in [6, 6.07) is 0. The zero-order valence-electron chi connectivity index (χ0n) is 12.0. The molecule has 0 rings (SSSR count). The summed E-state index contributed by atoms with van der Waals surface area (Å²) in [5, 5.41) is 18.2. The Balaban J connectivity index is 3.29. The number of hydrogen-bond donors (Lipinski definition) is 2. The molecule has 0 amide bonds. The number of hydrogen-bond acceptors (Lipinski definition) is 2. The van der Waals surface area contributed by atoms with Gasteiger partial charge in [0.15, 0.2) is 0 Å². The predicted molar refractivity (Wildman–Crippen MR) is 77.3 cm³/mol. The Morgan fingerprint density at radius 3 is 2.28 bits per heavy atom. The first kappa shape index (κ1) is 17.5. The lowest BCUT2D eigenvalue weighted by molar-refractivity contribution is 0.217. The summed E-state index contributed by atoms with van der Waals surface area (Å²) >= 11 is 0. The topological polar surface area (TPSA) is 40.5 Å². The summed E-state index contributed by atoms with van der Waals surface area (Å²) < 4.78 is 0. The van der Waals surface area contributed by atoms with Gasteiger partial charge in [-0.2, -0.15) is 0 Å². The van der Waals surface area contributed by atoms with Crippen molar-refractivity contribution in [1.29, 1.82) is 0 Å². The fourth-order valence-corrected chi connectivity index (χ4v) is 1.88. The Labute approximate surface area is 113 Å². The van der Waals surface area contributed by atoms with E-state index in [-0.39, 0.29) is 0 Å². The second kappa shape index (κ2) is 14.5. The summed E-state index contributed by atoms with van der Waals surface area (Å²) in [5.74, 6) is 5.99. The summed E-state index contributed by atoms with van der Waals surface area (Å²) in [6.07, 6.45) is 11.6. The van der Waals surface area contributed by atoms with Crippen LogP contribution in [0.2, 0.25) is 0 Å². The van der Waals surface area contributed by atoms with Gasteiger partial charge in [-0.3, -0.25) is 0 Å². The van der Waals surface area contributed by atoms with Gasteiger partial charge in [0, 0.05) is 13.0 Å². The van der Waals surface area contributed by atoms with Crippen LogP contribution in [0.5, 0.6) is 0 Å². The van der Waals surface area contributed by atoms with Crippen LogP contribution in [-0.2, 0) is 0 Å². The molecule has 106 valence electrons. The van der Waals surface area contributed by atoms with E-state index in [1.165, 1.54) is 32.1 Å². The van der Waals surface area contributed by atoms with Crippen LogP contribution in [0.25, 0.3) is 0 Å². The van der Waals surface area contributed by atoms with Crippen LogP contribution in [0.1, 0.15) is 77.6 Å². The highest BCUT2D eigenvalue weighted by Crippen LogP contribution is 2.06. The quantitative estimate of drug-likeness (QED) is 0.436. The largest absolute Gasteiger partial charge is 0.396 e. The van der Waals surface area contributed by atoms with Crippen LogP contribution < -0.4 is 0 Å². The molecule has 0 aromatic carbocycles. The summed E-state index contributed by atoms with van der Waals surface area (Å²) in [4.78, 5) is 0. The van der Waals surface area contributed by atoms with Crippen LogP contribution in [0, 0.1) is 11.8 Å². The second-order valence-corrected chi connectivity index (χ2v) is 4.93. The van der Waals surface area contributed by atoms with E-state index in [0.717, 1.165) is 38.5 Å². The van der Waals surface area contributed by atoms with E-state index >= 15 is 0 Å². The maximum atomic E-state index is 9.62. The SMILES string of the molecule is CCCCCCC(O)C#CCCCCCCCO. The van der Waals surface area contributed by atoms with Crippen molar-refractivity contribution in [1.82, 2.24) is 0 Å². The lowest BCUT2D eigenvalue weighted by atomic mass is 10.1. The number of aliphatic hydroxyl groups is 2. The van der Waals surface area contributed by atoms with Crippen LogP contribution in [0.4, 0.5) is 0 Å². The Morgan fingerprint density at radius 2 is 1.56 bits per heavy atom. The summed E-state index contributed by atoms with van der Waals surface area (Å²) in [5.41, 5.74) is 0. The van der Waals surface area contributed by atoms with Crippen molar-refractivity contribution >= 4 is 0 Å². The first-order valence-electron chi connectivity index (χ1n) is 7.58. The van der Waals surface area contributed by atoms with Crippen LogP contribution in [0.3, 0.4) is 0 Å². The van der Waals surface area contributed by atoms with E-state index in [4.69, 9.17) is 5.11 Å². The molecule has 1 atom stereocenters. The molecule has 0 radical (unpaired) electrons. The normalized spacial score (nSPS) is 11.9. The molecule has 0 saturated heterocycles. The molecule has 2 N–H and O–H groups in total. The fraction of sp³-hybridized carbons (Fsp3) is 0.875. The Kier molecular flexibility index (Phi) is 14.1. The Hall–Kier alpha value is -0.520. The zero-order chi connectivity index (χ0) is 13.5. The molecule has 0 spiro atoms. The van der Waals surface area contributed by atoms with Crippen LogP contribution in [0.15, 0.2) is 0 Å². The predicted octanol–water partition coefficient (Wildman–Crippen LogP) is 3.65. The van der Waals surface area contributed by atoms with Crippen molar-refractivity contribution in [2.75, 3.05) is 6.61 Å². The monoisotopic (exact) mass is 254 g/mol. The molecule has 0 aromatic heterocycles. The lowest BCUT2D eigenvalue weighted by Crippen LogP contribution is -2.02. The minimum absolute atomic E-state index is 0.310. The van der Waals surface area contributed by atoms with Crippen molar-refractivity contribution in [2.24, 2.45) is 0 Å². The maximum Gasteiger partial charge on any atom is 0.114 e. The van der Waals surface area contributed by atoms with E-state index in [1.54, 1.807) is 0 Å². The second-order valence-electron chi connectivity index (χ2n) is 4.93. The van der Waals surface area contributed by atoms with Gasteiger partial charge in [0.05, 0.1) is 0 Å². The van der Waals surface area contributed by atoms with E-state index in [9.17, 15) is 5.11 Å². The molecule has 0 aliphatic rings. The molecule has 0 aliphatic carbocycles. The standard InChI is InChI=1S/C16H30O2/c1-2-3-4-10-13-16(18)14-11-8-6-5-7-9-12-15-17/h16-18H,2-10,12-13,15H2,1H3. The molecular weight excluding hydrogens is 224 g/mol. The summed E-state index contributed by atoms with van der Waals surface area (Å²) in [6.45, 7) is 2.50. The molecule has 0 aliphatic heterocycles. The molecule has 0 fully saturated rings. The van der Waals surface area contributed by atoms with Crippen molar-refractivity contribution in [3.05, 3.63) is 0 Å². The molecule has 18 heavy (non-hydrogen) atoms. The molecule has 0 aromatic rings. The highest BCUT2D eigenvalue weighted by molar-refractivity contribution is 5.04. The molecular formula is C16H30O2. The smallest absolute Gasteiger partial charge is 0.114 e. The average molecular weight is 254 g/mol. The van der Waals surface area contributed by atoms with E-state index in [1.807, 2.05) is 0 Å². The zero-order valence-corrected chi connectivity index (χ0v) is 12.0. The number of rotatable bonds is 11. The van der Waals surface area contributed by atoms with Gasteiger partial charge in [-0.15, -0.1) is 5.92 Å². The molecule has 2 heteroatoms. The Morgan fingerprint density at radius 1 is 0.889 bits per heavy atom. The molecule has 1 unspecified atom stereocenters. The summed E-state index contributed by atoms with van der Waals surface area (Å²) in [7, 11) is 0. The minimum Gasteiger partial charge on any atom is -0.396 e. The van der Waals surface area contributed by atoms with Gasteiger partial charge in [-0.05, 0) is 25.7 Å². The third-order valence-electron chi connectivity index (χ3n) is 3.06. The molecule has 0 saturated carbocycles. The lowest BCUT2D eigenvalue weighted by Gasteiger charge is -2.02. The van der Waals surface area contributed by atoms with Crippen LogP contribution >= 0.6 is 0 Å². The first-order valence-corrected chi connectivity index (χ1v) is 7.58.